The van der Waals surface area contributed by atoms with Gasteiger partial charge in [0.25, 0.3) is 5.91 Å². The average Bonchev–Trinajstić information content (AvgIpc) is 2.65. The lowest BCUT2D eigenvalue weighted by Gasteiger charge is -2.13. The third-order valence-electron chi connectivity index (χ3n) is 3.94. The highest BCUT2D eigenvalue weighted by molar-refractivity contribution is 5.84. The molecule has 2 N–H and O–H groups in total. The smallest absolute Gasteiger partial charge is 0.253 e. The number of methoxy groups -OCH3 is 1. The van der Waals surface area contributed by atoms with Gasteiger partial charge in [0.2, 0.25) is 0 Å². The van der Waals surface area contributed by atoms with Crippen molar-refractivity contribution in [3.05, 3.63) is 77.9 Å². The van der Waals surface area contributed by atoms with Gasteiger partial charge in [0, 0.05) is 6.54 Å². The van der Waals surface area contributed by atoms with Gasteiger partial charge in [-0.2, -0.15) is 0 Å². The molecule has 0 aromatic heterocycles. The lowest BCUT2D eigenvalue weighted by atomic mass is 10.1. The van der Waals surface area contributed by atoms with Crippen molar-refractivity contribution in [2.45, 2.75) is 12.6 Å². The molecule has 3 rings (SSSR count). The molecule has 0 aliphatic carbocycles. The predicted molar refractivity (Wildman–Crippen MR) is 93.7 cm³/mol. The van der Waals surface area contributed by atoms with Crippen LogP contribution in [-0.4, -0.2) is 18.1 Å². The first kappa shape index (κ1) is 16.0. The van der Waals surface area contributed by atoms with E-state index >= 15 is 0 Å². The van der Waals surface area contributed by atoms with Gasteiger partial charge in [-0.3, -0.25) is 4.79 Å². The number of aliphatic hydroxyl groups excluding tert-OH is 1. The number of hydrogen-bond acceptors (Lipinski definition) is 3. The zero-order chi connectivity index (χ0) is 16.9. The number of nitrogens with one attached hydrogen (secondary N) is 1. The lowest BCUT2D eigenvalue weighted by molar-refractivity contribution is -0.129. The Labute approximate surface area is 140 Å². The van der Waals surface area contributed by atoms with Crippen LogP contribution >= 0.6 is 0 Å². The van der Waals surface area contributed by atoms with Crippen molar-refractivity contribution >= 4 is 16.7 Å². The molecule has 122 valence electrons. The van der Waals surface area contributed by atoms with E-state index in [0.717, 1.165) is 16.3 Å². The van der Waals surface area contributed by atoms with Crippen LogP contribution in [0.15, 0.2) is 66.7 Å². The van der Waals surface area contributed by atoms with Gasteiger partial charge in [-0.25, -0.2) is 0 Å². The standard InChI is InChI=1S/C20H19NO3/c1-24-18-8-4-7-17(12-18)19(22)20(23)21-13-14-9-10-15-5-2-3-6-16(15)11-14/h2-12,19,22H,13H2,1H3,(H,21,23). The van der Waals surface area contributed by atoms with Crippen molar-refractivity contribution in [1.29, 1.82) is 0 Å². The number of rotatable bonds is 5. The molecule has 0 saturated heterocycles. The molecule has 0 bridgehead atoms. The molecule has 24 heavy (non-hydrogen) atoms. The summed E-state index contributed by atoms with van der Waals surface area (Å²) in [6, 6.07) is 20.9. The van der Waals surface area contributed by atoms with E-state index in [4.69, 9.17) is 4.74 Å². The molecule has 1 atom stereocenters. The number of carbonyl (C=O) groups excluding carboxylic acids is 1. The maximum absolute atomic E-state index is 12.2. The van der Waals surface area contributed by atoms with Crippen molar-refractivity contribution in [2.75, 3.05) is 7.11 Å². The quantitative estimate of drug-likeness (QED) is 0.759. The molecule has 4 nitrogen and oxygen atoms in total. The molecular weight excluding hydrogens is 302 g/mol. The van der Waals surface area contributed by atoms with Gasteiger partial charge in [0.05, 0.1) is 7.11 Å². The molecule has 0 radical (unpaired) electrons. The summed E-state index contributed by atoms with van der Waals surface area (Å²) in [6.07, 6.45) is -1.22. The molecule has 0 fully saturated rings. The van der Waals surface area contributed by atoms with Crippen LogP contribution in [0.4, 0.5) is 0 Å². The largest absolute Gasteiger partial charge is 0.497 e. The van der Waals surface area contributed by atoms with Crippen LogP contribution < -0.4 is 10.1 Å². The molecule has 0 spiro atoms. The van der Waals surface area contributed by atoms with Crippen LogP contribution in [0.25, 0.3) is 10.8 Å². The van der Waals surface area contributed by atoms with E-state index in [1.165, 1.54) is 0 Å². The van der Waals surface area contributed by atoms with Gasteiger partial charge < -0.3 is 15.2 Å². The number of ether oxygens (including phenoxy) is 1. The topological polar surface area (TPSA) is 58.6 Å². The van der Waals surface area contributed by atoms with Gasteiger partial charge in [0.1, 0.15) is 5.75 Å². The third-order valence-corrected chi connectivity index (χ3v) is 3.94. The van der Waals surface area contributed by atoms with Gasteiger partial charge in [-0.1, -0.05) is 48.5 Å². The summed E-state index contributed by atoms with van der Waals surface area (Å²) in [7, 11) is 1.55. The summed E-state index contributed by atoms with van der Waals surface area (Å²) < 4.78 is 5.11. The Kier molecular flexibility index (Phi) is 4.77. The third kappa shape index (κ3) is 3.55. The Bertz CT molecular complexity index is 860. The van der Waals surface area contributed by atoms with Gasteiger partial charge in [0.15, 0.2) is 6.10 Å². The predicted octanol–water partition coefficient (Wildman–Crippen LogP) is 3.20. The van der Waals surface area contributed by atoms with E-state index in [1.54, 1.807) is 31.4 Å². The Morgan fingerprint density at radius 1 is 1.04 bits per heavy atom. The highest BCUT2D eigenvalue weighted by atomic mass is 16.5. The van der Waals surface area contributed by atoms with Crippen LogP contribution in [0.5, 0.6) is 5.75 Å². The first-order chi connectivity index (χ1) is 11.7. The number of benzene rings is 3. The van der Waals surface area contributed by atoms with E-state index in [9.17, 15) is 9.90 Å². The summed E-state index contributed by atoms with van der Waals surface area (Å²) in [5, 5.41) is 15.2. The van der Waals surface area contributed by atoms with Crippen molar-refractivity contribution in [3.63, 3.8) is 0 Å². The lowest BCUT2D eigenvalue weighted by Crippen LogP contribution is -2.28. The second-order valence-corrected chi connectivity index (χ2v) is 5.58. The molecule has 0 aliphatic heterocycles. The van der Waals surface area contributed by atoms with Gasteiger partial charge in [-0.05, 0) is 40.1 Å². The molecule has 3 aromatic rings. The average molecular weight is 321 g/mol. The summed E-state index contributed by atoms with van der Waals surface area (Å²) in [5.74, 6) is 0.172. The molecule has 3 aromatic carbocycles. The van der Waals surface area contributed by atoms with E-state index < -0.39 is 12.0 Å². The number of fused-ring (bicyclic) bond motifs is 1. The van der Waals surface area contributed by atoms with Crippen LogP contribution in [0.2, 0.25) is 0 Å². The normalized spacial score (nSPS) is 11.9. The maximum atomic E-state index is 12.2. The van der Waals surface area contributed by atoms with Crippen molar-refractivity contribution in [3.8, 4) is 5.75 Å². The van der Waals surface area contributed by atoms with E-state index in [-0.39, 0.29) is 0 Å². The van der Waals surface area contributed by atoms with Crippen molar-refractivity contribution in [1.82, 2.24) is 5.32 Å². The SMILES string of the molecule is COc1cccc(C(O)C(=O)NCc2ccc3ccccc3c2)c1. The fraction of sp³-hybridized carbons (Fsp3) is 0.150. The Morgan fingerprint density at radius 2 is 1.83 bits per heavy atom. The zero-order valence-corrected chi connectivity index (χ0v) is 13.4. The Balaban J connectivity index is 1.67. The van der Waals surface area contributed by atoms with Crippen LogP contribution in [0.3, 0.4) is 0 Å². The molecule has 0 saturated carbocycles. The monoisotopic (exact) mass is 321 g/mol. The van der Waals surface area contributed by atoms with Gasteiger partial charge in [-0.15, -0.1) is 0 Å². The maximum Gasteiger partial charge on any atom is 0.253 e. The summed E-state index contributed by atoms with van der Waals surface area (Å²) >= 11 is 0. The number of amides is 1. The van der Waals surface area contributed by atoms with Crippen molar-refractivity contribution in [2.24, 2.45) is 0 Å². The minimum Gasteiger partial charge on any atom is -0.497 e. The van der Waals surface area contributed by atoms with Crippen LogP contribution in [0.1, 0.15) is 17.2 Å². The Hall–Kier alpha value is -2.85. The molecule has 4 heteroatoms. The molecule has 1 amide bonds. The zero-order valence-electron chi connectivity index (χ0n) is 13.4. The van der Waals surface area contributed by atoms with Crippen molar-refractivity contribution < 1.29 is 14.6 Å². The van der Waals surface area contributed by atoms with E-state index in [2.05, 4.69) is 5.32 Å². The second-order valence-electron chi connectivity index (χ2n) is 5.58. The minimum absolute atomic E-state index is 0.366. The first-order valence-electron chi connectivity index (χ1n) is 7.75. The number of hydrogen-bond donors (Lipinski definition) is 2. The summed E-state index contributed by atoms with van der Waals surface area (Å²) in [5.41, 5.74) is 1.49. The number of carbonyl (C=O) groups is 1. The van der Waals surface area contributed by atoms with Gasteiger partial charge >= 0.3 is 0 Å². The van der Waals surface area contributed by atoms with E-state index in [0.29, 0.717) is 17.9 Å². The highest BCUT2D eigenvalue weighted by Gasteiger charge is 2.17. The first-order valence-corrected chi connectivity index (χ1v) is 7.75. The second kappa shape index (κ2) is 7.15. The van der Waals surface area contributed by atoms with Crippen LogP contribution in [0, 0.1) is 0 Å². The number of aliphatic hydroxyl groups is 1. The molecular formula is C20H19NO3. The highest BCUT2D eigenvalue weighted by Crippen LogP contribution is 2.20. The fourth-order valence-corrected chi connectivity index (χ4v) is 2.60. The minimum atomic E-state index is -1.22. The fourth-order valence-electron chi connectivity index (χ4n) is 2.60. The summed E-state index contributed by atoms with van der Waals surface area (Å²) in [6.45, 7) is 0.366. The molecule has 0 aliphatic rings. The van der Waals surface area contributed by atoms with Crippen LogP contribution in [-0.2, 0) is 11.3 Å². The Morgan fingerprint density at radius 3 is 2.62 bits per heavy atom. The molecule has 0 heterocycles. The summed E-state index contributed by atoms with van der Waals surface area (Å²) in [4.78, 5) is 12.2. The van der Waals surface area contributed by atoms with E-state index in [1.807, 2.05) is 42.5 Å². The molecule has 1 unspecified atom stereocenters.